The Labute approximate surface area is 98.8 Å². The van der Waals surface area contributed by atoms with Gasteiger partial charge in [0.1, 0.15) is 6.61 Å². The van der Waals surface area contributed by atoms with E-state index in [2.05, 4.69) is 20.8 Å². The van der Waals surface area contributed by atoms with E-state index >= 15 is 0 Å². The largest absolute Gasteiger partial charge is 0.448 e. The van der Waals surface area contributed by atoms with Gasteiger partial charge in [-0.1, -0.05) is 0 Å². The number of carbonyl (C=O) groups excluding carboxylic acids is 1. The lowest BCUT2D eigenvalue weighted by Crippen LogP contribution is -2.48. The molecule has 0 aromatic heterocycles. The van der Waals surface area contributed by atoms with Crippen molar-refractivity contribution >= 4 is 6.09 Å². The third-order valence-corrected chi connectivity index (χ3v) is 3.92. The van der Waals surface area contributed by atoms with E-state index in [9.17, 15) is 4.79 Å². The molecule has 0 unspecified atom stereocenters. The molecular weight excluding hydrogens is 204 g/mol. The van der Waals surface area contributed by atoms with Gasteiger partial charge in [0.15, 0.2) is 0 Å². The van der Waals surface area contributed by atoms with E-state index in [0.29, 0.717) is 6.61 Å². The molecule has 1 amide bonds. The van der Waals surface area contributed by atoms with Crippen molar-refractivity contribution in [3.05, 3.63) is 0 Å². The number of hydrogen-bond acceptors (Lipinski definition) is 2. The maximum absolute atomic E-state index is 11.2. The molecule has 0 spiro atoms. The van der Waals surface area contributed by atoms with Gasteiger partial charge in [-0.25, -0.2) is 4.79 Å². The van der Waals surface area contributed by atoms with Crippen LogP contribution in [0.1, 0.15) is 27.2 Å². The standard InChI is InChI=1S/C12H25N2O2/c1-4-14(5-2,6-3)10-7-8-13-9-11-16-12(13)15/h4-11H2,1-3H3/q+1. The van der Waals surface area contributed by atoms with E-state index in [1.54, 1.807) is 0 Å². The number of ether oxygens (including phenoxy) is 1. The van der Waals surface area contributed by atoms with Gasteiger partial charge in [-0.3, -0.25) is 0 Å². The van der Waals surface area contributed by atoms with Crippen molar-refractivity contribution < 1.29 is 14.0 Å². The first-order chi connectivity index (χ1) is 7.67. The quantitative estimate of drug-likeness (QED) is 0.622. The Morgan fingerprint density at radius 2 is 1.88 bits per heavy atom. The monoisotopic (exact) mass is 229 g/mol. The molecule has 1 saturated heterocycles. The third kappa shape index (κ3) is 3.11. The van der Waals surface area contributed by atoms with Crippen LogP contribution in [-0.4, -0.2) is 61.4 Å². The molecule has 1 aliphatic heterocycles. The Balaban J connectivity index is 2.30. The van der Waals surface area contributed by atoms with Crippen molar-refractivity contribution in [2.75, 3.05) is 45.9 Å². The molecule has 1 fully saturated rings. The summed E-state index contributed by atoms with van der Waals surface area (Å²) in [5, 5.41) is 0. The average molecular weight is 229 g/mol. The number of rotatable bonds is 7. The molecule has 4 nitrogen and oxygen atoms in total. The Kier molecular flexibility index (Phi) is 5.06. The first-order valence-electron chi connectivity index (χ1n) is 6.44. The molecule has 1 heterocycles. The minimum atomic E-state index is -0.136. The van der Waals surface area contributed by atoms with Gasteiger partial charge in [-0.05, 0) is 20.8 Å². The van der Waals surface area contributed by atoms with Crippen molar-refractivity contribution in [3.63, 3.8) is 0 Å². The molecule has 0 bridgehead atoms. The van der Waals surface area contributed by atoms with Crippen LogP contribution in [0.5, 0.6) is 0 Å². The van der Waals surface area contributed by atoms with Gasteiger partial charge >= 0.3 is 6.09 Å². The molecule has 1 rings (SSSR count). The number of cyclic esters (lactones) is 1. The molecule has 0 atom stereocenters. The fourth-order valence-corrected chi connectivity index (χ4v) is 2.37. The van der Waals surface area contributed by atoms with Gasteiger partial charge in [-0.15, -0.1) is 0 Å². The van der Waals surface area contributed by atoms with E-state index in [1.165, 1.54) is 19.6 Å². The highest BCUT2D eigenvalue weighted by atomic mass is 16.6. The number of quaternary nitrogens is 1. The molecule has 4 heteroatoms. The summed E-state index contributed by atoms with van der Waals surface area (Å²) in [5.41, 5.74) is 0. The highest BCUT2D eigenvalue weighted by Gasteiger charge is 2.24. The number of carbonyl (C=O) groups is 1. The summed E-state index contributed by atoms with van der Waals surface area (Å²) < 4.78 is 6.06. The predicted molar refractivity (Wildman–Crippen MR) is 64.3 cm³/mol. The zero-order valence-electron chi connectivity index (χ0n) is 10.9. The van der Waals surface area contributed by atoms with Crippen molar-refractivity contribution in [2.45, 2.75) is 27.2 Å². The Morgan fingerprint density at radius 3 is 2.31 bits per heavy atom. The van der Waals surface area contributed by atoms with E-state index in [4.69, 9.17) is 4.74 Å². The van der Waals surface area contributed by atoms with Crippen LogP contribution in [0.2, 0.25) is 0 Å². The number of nitrogens with zero attached hydrogens (tertiary/aromatic N) is 2. The fraction of sp³-hybridized carbons (Fsp3) is 0.917. The van der Waals surface area contributed by atoms with Crippen LogP contribution in [0.15, 0.2) is 0 Å². The summed E-state index contributed by atoms with van der Waals surface area (Å²) in [4.78, 5) is 13.1. The molecule has 0 aliphatic carbocycles. The molecule has 0 aromatic carbocycles. The first kappa shape index (κ1) is 13.3. The average Bonchev–Trinajstić information content (AvgIpc) is 2.71. The van der Waals surface area contributed by atoms with Crippen molar-refractivity contribution in [1.29, 1.82) is 0 Å². The summed E-state index contributed by atoms with van der Waals surface area (Å²) in [6.07, 6.45) is 0.938. The van der Waals surface area contributed by atoms with Crippen LogP contribution in [-0.2, 0) is 4.74 Å². The van der Waals surface area contributed by atoms with Gasteiger partial charge in [-0.2, -0.15) is 0 Å². The zero-order valence-corrected chi connectivity index (χ0v) is 10.9. The van der Waals surface area contributed by atoms with E-state index in [1.807, 2.05) is 4.90 Å². The van der Waals surface area contributed by atoms with Gasteiger partial charge < -0.3 is 14.1 Å². The Morgan fingerprint density at radius 1 is 1.25 bits per heavy atom. The van der Waals surface area contributed by atoms with E-state index < -0.39 is 0 Å². The maximum Gasteiger partial charge on any atom is 0.409 e. The highest BCUT2D eigenvalue weighted by Crippen LogP contribution is 2.09. The van der Waals surface area contributed by atoms with E-state index in [-0.39, 0.29) is 6.09 Å². The summed E-state index contributed by atoms with van der Waals surface area (Å²) in [5.74, 6) is 0. The van der Waals surface area contributed by atoms with Crippen LogP contribution in [0.4, 0.5) is 4.79 Å². The summed E-state index contributed by atoms with van der Waals surface area (Å²) in [6.45, 7) is 13.6. The van der Waals surface area contributed by atoms with Gasteiger partial charge in [0.2, 0.25) is 0 Å². The van der Waals surface area contributed by atoms with Gasteiger partial charge in [0, 0.05) is 13.0 Å². The number of amides is 1. The van der Waals surface area contributed by atoms with Crippen LogP contribution < -0.4 is 0 Å². The van der Waals surface area contributed by atoms with Crippen molar-refractivity contribution in [3.8, 4) is 0 Å². The lowest BCUT2D eigenvalue weighted by Gasteiger charge is -2.36. The molecular formula is C12H25N2O2+. The molecule has 0 N–H and O–H groups in total. The molecule has 1 aliphatic rings. The normalized spacial score (nSPS) is 16.7. The third-order valence-electron chi connectivity index (χ3n) is 3.92. The summed E-state index contributed by atoms with van der Waals surface area (Å²) >= 11 is 0. The lowest BCUT2D eigenvalue weighted by atomic mass is 10.2. The molecule has 94 valence electrons. The second-order valence-corrected chi connectivity index (χ2v) is 4.47. The Bertz CT molecular complexity index is 219. The molecule has 0 aromatic rings. The predicted octanol–water partition coefficient (Wildman–Crippen LogP) is 1.71. The maximum atomic E-state index is 11.2. The van der Waals surface area contributed by atoms with Crippen molar-refractivity contribution in [1.82, 2.24) is 4.90 Å². The minimum Gasteiger partial charge on any atom is -0.448 e. The smallest absolute Gasteiger partial charge is 0.409 e. The Hall–Kier alpha value is -0.770. The SMILES string of the molecule is CC[N+](CC)(CC)CCCN1CCOC1=O. The van der Waals surface area contributed by atoms with Gasteiger partial charge in [0.25, 0.3) is 0 Å². The second-order valence-electron chi connectivity index (χ2n) is 4.47. The lowest BCUT2D eigenvalue weighted by molar-refractivity contribution is -0.923. The van der Waals surface area contributed by atoms with Crippen LogP contribution in [0.25, 0.3) is 0 Å². The highest BCUT2D eigenvalue weighted by molar-refractivity contribution is 5.69. The van der Waals surface area contributed by atoms with Crippen LogP contribution in [0.3, 0.4) is 0 Å². The van der Waals surface area contributed by atoms with Crippen LogP contribution >= 0.6 is 0 Å². The van der Waals surface area contributed by atoms with Crippen molar-refractivity contribution in [2.24, 2.45) is 0 Å². The topological polar surface area (TPSA) is 29.5 Å². The second kappa shape index (κ2) is 6.09. The minimum absolute atomic E-state index is 0.136. The zero-order chi connectivity index (χ0) is 12.0. The van der Waals surface area contributed by atoms with E-state index in [0.717, 1.165) is 30.5 Å². The van der Waals surface area contributed by atoms with Gasteiger partial charge in [0.05, 0.1) is 32.7 Å². The summed E-state index contributed by atoms with van der Waals surface area (Å²) in [6, 6.07) is 0. The summed E-state index contributed by atoms with van der Waals surface area (Å²) in [7, 11) is 0. The molecule has 0 saturated carbocycles. The molecule has 0 radical (unpaired) electrons. The molecule has 16 heavy (non-hydrogen) atoms. The van der Waals surface area contributed by atoms with Crippen LogP contribution in [0, 0.1) is 0 Å². The number of hydrogen-bond donors (Lipinski definition) is 0. The first-order valence-corrected chi connectivity index (χ1v) is 6.44. The fourth-order valence-electron chi connectivity index (χ4n) is 2.37.